The predicted molar refractivity (Wildman–Crippen MR) is 81.6 cm³/mol. The van der Waals surface area contributed by atoms with Crippen LogP contribution in [0.25, 0.3) is 0 Å². The van der Waals surface area contributed by atoms with Gasteiger partial charge < -0.3 is 10.4 Å². The molecule has 0 aliphatic carbocycles. The van der Waals surface area contributed by atoms with Crippen molar-refractivity contribution in [1.82, 2.24) is 5.32 Å². The van der Waals surface area contributed by atoms with Gasteiger partial charge in [-0.25, -0.2) is 4.79 Å². The largest absolute Gasteiger partial charge is 0.478 e. The Balaban J connectivity index is 1.99. The second-order valence-electron chi connectivity index (χ2n) is 4.96. The summed E-state index contributed by atoms with van der Waals surface area (Å²) in [5.74, 6) is -2.33. The molecule has 1 aliphatic heterocycles. The first-order valence-corrected chi connectivity index (χ1v) is 6.65. The van der Waals surface area contributed by atoms with Crippen molar-refractivity contribution in [3.63, 3.8) is 0 Å². The van der Waals surface area contributed by atoms with Crippen LogP contribution in [0.15, 0.2) is 36.4 Å². The lowest BCUT2D eigenvalue weighted by Crippen LogP contribution is -2.19. The van der Waals surface area contributed by atoms with Crippen LogP contribution in [0.2, 0.25) is 0 Å². The Bertz CT molecular complexity index is 921. The quantitative estimate of drug-likeness (QED) is 0.443. The molecule has 9 nitrogen and oxygen atoms in total. The first kappa shape index (κ1) is 15.2. The first-order valence-electron chi connectivity index (χ1n) is 6.65. The molecule has 2 aromatic carbocycles. The number of aromatic carboxylic acids is 1. The summed E-state index contributed by atoms with van der Waals surface area (Å²) >= 11 is 0. The molecule has 1 aliphatic rings. The molecule has 0 spiro atoms. The van der Waals surface area contributed by atoms with Gasteiger partial charge in [0.1, 0.15) is 5.69 Å². The molecule has 0 saturated heterocycles. The van der Waals surface area contributed by atoms with Gasteiger partial charge in [-0.3, -0.25) is 25.0 Å². The average molecular weight is 327 g/mol. The van der Waals surface area contributed by atoms with Crippen molar-refractivity contribution < 1.29 is 24.4 Å². The molecule has 0 atom stereocenters. The van der Waals surface area contributed by atoms with Crippen molar-refractivity contribution in [1.29, 1.82) is 0 Å². The SMILES string of the molecule is O=C(O)c1ccc(Nc2ccc3c(c2)C(=O)NC3=O)c([N+](=O)[O-])c1. The van der Waals surface area contributed by atoms with Crippen LogP contribution in [0.4, 0.5) is 17.1 Å². The van der Waals surface area contributed by atoms with E-state index >= 15 is 0 Å². The summed E-state index contributed by atoms with van der Waals surface area (Å²) in [6, 6.07) is 7.74. The molecule has 24 heavy (non-hydrogen) atoms. The highest BCUT2D eigenvalue weighted by molar-refractivity contribution is 6.21. The molecule has 3 rings (SSSR count). The fraction of sp³-hybridized carbons (Fsp3) is 0. The van der Waals surface area contributed by atoms with Crippen LogP contribution in [-0.4, -0.2) is 27.8 Å². The lowest BCUT2D eigenvalue weighted by Gasteiger charge is -2.08. The maximum absolute atomic E-state index is 11.6. The summed E-state index contributed by atoms with van der Waals surface area (Å²) in [4.78, 5) is 44.5. The van der Waals surface area contributed by atoms with E-state index in [2.05, 4.69) is 10.6 Å². The molecule has 3 N–H and O–H groups in total. The molecular weight excluding hydrogens is 318 g/mol. The van der Waals surface area contributed by atoms with Gasteiger partial charge in [-0.1, -0.05) is 0 Å². The smallest absolute Gasteiger partial charge is 0.335 e. The van der Waals surface area contributed by atoms with Crippen LogP contribution in [0.5, 0.6) is 0 Å². The Morgan fingerprint density at radius 3 is 2.46 bits per heavy atom. The van der Waals surface area contributed by atoms with Crippen LogP contribution < -0.4 is 10.6 Å². The highest BCUT2D eigenvalue weighted by Crippen LogP contribution is 2.30. The topological polar surface area (TPSA) is 139 Å². The zero-order valence-corrected chi connectivity index (χ0v) is 11.9. The van der Waals surface area contributed by atoms with Gasteiger partial charge in [-0.15, -0.1) is 0 Å². The minimum absolute atomic E-state index is 0.0645. The van der Waals surface area contributed by atoms with E-state index in [1.54, 1.807) is 0 Å². The monoisotopic (exact) mass is 327 g/mol. The van der Waals surface area contributed by atoms with Gasteiger partial charge >= 0.3 is 5.97 Å². The molecule has 120 valence electrons. The second-order valence-corrected chi connectivity index (χ2v) is 4.96. The molecule has 1 heterocycles. The fourth-order valence-corrected chi connectivity index (χ4v) is 2.32. The van der Waals surface area contributed by atoms with Crippen LogP contribution in [0, 0.1) is 10.1 Å². The van der Waals surface area contributed by atoms with Crippen molar-refractivity contribution in [2.45, 2.75) is 0 Å². The number of hydrogen-bond donors (Lipinski definition) is 3. The van der Waals surface area contributed by atoms with Gasteiger partial charge in [-0.05, 0) is 30.3 Å². The number of benzene rings is 2. The lowest BCUT2D eigenvalue weighted by atomic mass is 10.1. The average Bonchev–Trinajstić information content (AvgIpc) is 2.81. The molecule has 2 amide bonds. The minimum atomic E-state index is -1.28. The number of carbonyl (C=O) groups excluding carboxylic acids is 2. The number of nitro groups is 1. The summed E-state index contributed by atoms with van der Waals surface area (Å²) < 4.78 is 0. The lowest BCUT2D eigenvalue weighted by molar-refractivity contribution is -0.383. The Hall–Kier alpha value is -3.75. The highest BCUT2D eigenvalue weighted by Gasteiger charge is 2.27. The van der Waals surface area contributed by atoms with E-state index in [9.17, 15) is 24.5 Å². The third kappa shape index (κ3) is 2.54. The number of carbonyl (C=O) groups is 3. The number of fused-ring (bicyclic) bond motifs is 1. The van der Waals surface area contributed by atoms with E-state index in [4.69, 9.17) is 5.11 Å². The molecular formula is C15H9N3O6. The summed E-state index contributed by atoms with van der Waals surface area (Å²) in [6.07, 6.45) is 0. The van der Waals surface area contributed by atoms with Crippen molar-refractivity contribution in [2.24, 2.45) is 0 Å². The number of imide groups is 1. The van der Waals surface area contributed by atoms with Crippen molar-refractivity contribution >= 4 is 34.8 Å². The summed E-state index contributed by atoms with van der Waals surface area (Å²) in [5, 5.41) is 24.9. The Labute approximate surface area is 134 Å². The maximum Gasteiger partial charge on any atom is 0.335 e. The normalized spacial score (nSPS) is 12.5. The number of anilines is 2. The van der Waals surface area contributed by atoms with Crippen molar-refractivity contribution in [3.05, 3.63) is 63.2 Å². The van der Waals surface area contributed by atoms with Crippen molar-refractivity contribution in [2.75, 3.05) is 5.32 Å². The third-order valence-electron chi connectivity index (χ3n) is 3.46. The van der Waals surface area contributed by atoms with Crippen LogP contribution >= 0.6 is 0 Å². The third-order valence-corrected chi connectivity index (χ3v) is 3.46. The number of carboxylic acid groups (broad SMARTS) is 1. The zero-order chi connectivity index (χ0) is 17.4. The number of nitrogens with one attached hydrogen (secondary N) is 2. The van der Waals surface area contributed by atoms with E-state index in [1.165, 1.54) is 30.3 Å². The number of amides is 2. The molecule has 0 unspecified atom stereocenters. The van der Waals surface area contributed by atoms with Gasteiger partial charge in [0.2, 0.25) is 0 Å². The molecule has 2 aromatic rings. The van der Waals surface area contributed by atoms with Gasteiger partial charge in [-0.2, -0.15) is 0 Å². The number of nitro benzene ring substituents is 1. The minimum Gasteiger partial charge on any atom is -0.478 e. The number of carboxylic acids is 1. The highest BCUT2D eigenvalue weighted by atomic mass is 16.6. The first-order chi connectivity index (χ1) is 11.4. The van der Waals surface area contributed by atoms with Crippen LogP contribution in [-0.2, 0) is 0 Å². The predicted octanol–water partition coefficient (Wildman–Crippen LogP) is 1.92. The summed E-state index contributed by atoms with van der Waals surface area (Å²) in [6.45, 7) is 0. The Morgan fingerprint density at radius 1 is 1.08 bits per heavy atom. The maximum atomic E-state index is 11.6. The van der Waals surface area contributed by atoms with E-state index in [0.717, 1.165) is 6.07 Å². The van der Waals surface area contributed by atoms with Gasteiger partial charge in [0.05, 0.1) is 21.6 Å². The molecule has 0 aromatic heterocycles. The van der Waals surface area contributed by atoms with Crippen LogP contribution in [0.3, 0.4) is 0 Å². The Morgan fingerprint density at radius 2 is 1.79 bits per heavy atom. The second kappa shape index (κ2) is 5.47. The zero-order valence-electron chi connectivity index (χ0n) is 11.9. The van der Waals surface area contributed by atoms with Gasteiger partial charge in [0, 0.05) is 11.8 Å². The standard InChI is InChI=1S/C15H9N3O6/c19-13-9-3-2-8(6-10(9)14(20)17-13)16-11-4-1-7(15(21)22)5-12(11)18(23)24/h1-6,16H,(H,21,22)(H,17,19,20). The van der Waals surface area contributed by atoms with Gasteiger partial charge in [0.15, 0.2) is 0 Å². The van der Waals surface area contributed by atoms with Gasteiger partial charge in [0.25, 0.3) is 17.5 Å². The molecule has 0 bridgehead atoms. The molecule has 0 fully saturated rings. The van der Waals surface area contributed by atoms with E-state index in [-0.39, 0.29) is 22.4 Å². The number of nitrogens with zero attached hydrogens (tertiary/aromatic N) is 1. The molecule has 0 saturated carbocycles. The number of rotatable bonds is 4. The fourth-order valence-electron chi connectivity index (χ4n) is 2.32. The van der Waals surface area contributed by atoms with Crippen LogP contribution in [0.1, 0.15) is 31.1 Å². The number of hydrogen-bond acceptors (Lipinski definition) is 6. The van der Waals surface area contributed by atoms with E-state index in [1.807, 2.05) is 0 Å². The summed E-state index contributed by atoms with van der Waals surface area (Å²) in [7, 11) is 0. The van der Waals surface area contributed by atoms with Crippen molar-refractivity contribution in [3.8, 4) is 0 Å². The van der Waals surface area contributed by atoms with E-state index in [0.29, 0.717) is 5.69 Å². The molecule has 0 radical (unpaired) electrons. The Kier molecular flexibility index (Phi) is 3.45. The summed E-state index contributed by atoms with van der Waals surface area (Å²) in [5.41, 5.74) is 0.164. The molecule has 9 heteroatoms. The van der Waals surface area contributed by atoms with E-state index < -0.39 is 28.4 Å².